The lowest BCUT2D eigenvalue weighted by molar-refractivity contribution is -0.114. The van der Waals surface area contributed by atoms with Gasteiger partial charge >= 0.3 is 0 Å². The van der Waals surface area contributed by atoms with Crippen LogP contribution in [0.4, 0.5) is 10.8 Å². The molecule has 33 heavy (non-hydrogen) atoms. The Kier molecular flexibility index (Phi) is 9.03. The molecule has 0 aliphatic rings. The lowest BCUT2D eigenvalue weighted by atomic mass is 10.1. The topological polar surface area (TPSA) is 88.2 Å². The molecule has 3 rings (SSSR count). The number of sulfonamides is 1. The predicted octanol–water partition coefficient (Wildman–Crippen LogP) is 6.47. The quantitative estimate of drug-likeness (QED) is 0.288. The Labute approximate surface area is 200 Å². The fourth-order valence-corrected chi connectivity index (χ4v) is 5.33. The molecule has 3 aromatic rings. The Morgan fingerprint density at radius 3 is 2.45 bits per heavy atom. The monoisotopic (exact) mass is 485 g/mol. The van der Waals surface area contributed by atoms with Crippen LogP contribution in [0.5, 0.6) is 0 Å². The molecule has 1 heterocycles. The average molecular weight is 486 g/mol. The number of aromatic nitrogens is 1. The van der Waals surface area contributed by atoms with Crippen molar-refractivity contribution in [2.45, 2.75) is 63.7 Å². The lowest BCUT2D eigenvalue weighted by Gasteiger charge is -2.10. The number of nitrogens with one attached hydrogen (secondary N) is 2. The molecule has 8 heteroatoms. The molecule has 0 unspecified atom stereocenters. The Balaban J connectivity index is 1.61. The van der Waals surface area contributed by atoms with Crippen molar-refractivity contribution in [3.05, 3.63) is 59.5 Å². The van der Waals surface area contributed by atoms with Gasteiger partial charge < -0.3 is 5.32 Å². The van der Waals surface area contributed by atoms with Crippen LogP contribution in [0, 0.1) is 0 Å². The number of thiazole rings is 1. The predicted molar refractivity (Wildman–Crippen MR) is 136 cm³/mol. The maximum atomic E-state index is 12.9. The van der Waals surface area contributed by atoms with Crippen molar-refractivity contribution in [3.8, 4) is 11.3 Å². The van der Waals surface area contributed by atoms with E-state index in [9.17, 15) is 13.2 Å². The molecule has 176 valence electrons. The third-order valence-electron chi connectivity index (χ3n) is 5.25. The number of anilines is 2. The summed E-state index contributed by atoms with van der Waals surface area (Å²) in [5.74, 6) is -0.185. The first-order chi connectivity index (χ1) is 15.9. The first-order valence-electron chi connectivity index (χ1n) is 11.3. The number of nitrogens with zero attached hydrogens (tertiary/aromatic N) is 1. The molecule has 2 N–H and O–H groups in total. The highest BCUT2D eigenvalue weighted by atomic mass is 32.2. The summed E-state index contributed by atoms with van der Waals surface area (Å²) in [4.78, 5) is 15.8. The van der Waals surface area contributed by atoms with E-state index < -0.39 is 10.0 Å². The highest BCUT2D eigenvalue weighted by Crippen LogP contribution is 2.28. The van der Waals surface area contributed by atoms with Crippen molar-refractivity contribution in [2.24, 2.45) is 0 Å². The van der Waals surface area contributed by atoms with E-state index in [2.05, 4.69) is 21.9 Å². The van der Waals surface area contributed by atoms with E-state index in [1.54, 1.807) is 30.3 Å². The molecule has 0 saturated heterocycles. The zero-order valence-corrected chi connectivity index (χ0v) is 20.8. The molecule has 0 atom stereocenters. The highest BCUT2D eigenvalue weighted by molar-refractivity contribution is 7.92. The summed E-state index contributed by atoms with van der Waals surface area (Å²) in [5, 5.41) is 4.98. The van der Waals surface area contributed by atoms with Gasteiger partial charge in [0.05, 0.1) is 10.6 Å². The summed E-state index contributed by atoms with van der Waals surface area (Å²) >= 11 is 1.32. The number of hydrogen-bond acceptors (Lipinski definition) is 5. The summed E-state index contributed by atoms with van der Waals surface area (Å²) in [6.45, 7) is 3.64. The van der Waals surface area contributed by atoms with E-state index in [0.717, 1.165) is 24.0 Å². The molecule has 0 spiro atoms. The first kappa shape index (κ1) is 24.9. The maximum Gasteiger partial charge on any atom is 0.261 e. The van der Waals surface area contributed by atoms with Gasteiger partial charge in [0.1, 0.15) is 0 Å². The second kappa shape index (κ2) is 12.0. The number of rotatable bonds is 12. The summed E-state index contributed by atoms with van der Waals surface area (Å²) in [6, 6.07) is 14.2. The number of benzene rings is 2. The molecular formula is C25H31N3O3S2. The standard InChI is InChI=1S/C25H31N3O3S2/c1-3-4-5-6-7-8-10-20-13-15-23(16-14-20)33(30,31)28-22-12-9-11-21(17-22)24-18-32-25(27-24)26-19(2)29/h9,11-18,28H,3-8,10H2,1-2H3,(H,26,27,29). The van der Waals surface area contributed by atoms with Gasteiger partial charge in [0.25, 0.3) is 10.0 Å². The fourth-order valence-electron chi connectivity index (χ4n) is 3.52. The van der Waals surface area contributed by atoms with Crippen molar-refractivity contribution >= 4 is 38.1 Å². The Bertz CT molecular complexity index is 1160. The second-order valence-corrected chi connectivity index (χ2v) is 10.6. The third-order valence-corrected chi connectivity index (χ3v) is 7.41. The van der Waals surface area contributed by atoms with Gasteiger partial charge in [-0.2, -0.15) is 0 Å². The van der Waals surface area contributed by atoms with Gasteiger partial charge in [-0.15, -0.1) is 11.3 Å². The van der Waals surface area contributed by atoms with Crippen LogP contribution >= 0.6 is 11.3 Å². The van der Waals surface area contributed by atoms with E-state index in [-0.39, 0.29) is 10.8 Å². The molecule has 0 saturated carbocycles. The molecule has 0 fully saturated rings. The lowest BCUT2D eigenvalue weighted by Crippen LogP contribution is -2.13. The molecule has 2 aromatic carbocycles. The maximum absolute atomic E-state index is 12.9. The number of unbranched alkanes of at least 4 members (excludes halogenated alkanes) is 5. The van der Waals surface area contributed by atoms with Crippen molar-refractivity contribution in [1.29, 1.82) is 0 Å². The zero-order valence-electron chi connectivity index (χ0n) is 19.1. The van der Waals surface area contributed by atoms with Gasteiger partial charge in [0.2, 0.25) is 5.91 Å². The largest absolute Gasteiger partial charge is 0.302 e. The Hall–Kier alpha value is -2.71. The van der Waals surface area contributed by atoms with Crippen LogP contribution in [0.25, 0.3) is 11.3 Å². The van der Waals surface area contributed by atoms with E-state index in [0.29, 0.717) is 16.5 Å². The number of aryl methyl sites for hydroxylation is 1. The van der Waals surface area contributed by atoms with Crippen molar-refractivity contribution in [3.63, 3.8) is 0 Å². The summed E-state index contributed by atoms with van der Waals surface area (Å²) < 4.78 is 28.4. The summed E-state index contributed by atoms with van der Waals surface area (Å²) in [7, 11) is -3.70. The minimum Gasteiger partial charge on any atom is -0.302 e. The van der Waals surface area contributed by atoms with E-state index >= 15 is 0 Å². The van der Waals surface area contributed by atoms with E-state index in [1.807, 2.05) is 23.6 Å². The van der Waals surface area contributed by atoms with Gasteiger partial charge in [-0.25, -0.2) is 13.4 Å². The van der Waals surface area contributed by atoms with Crippen molar-refractivity contribution < 1.29 is 13.2 Å². The smallest absolute Gasteiger partial charge is 0.261 e. The number of amides is 1. The van der Waals surface area contributed by atoms with Crippen LogP contribution in [0.2, 0.25) is 0 Å². The summed E-state index contributed by atoms with van der Waals surface area (Å²) in [5.41, 5.74) is 3.05. The molecule has 0 bridgehead atoms. The Morgan fingerprint density at radius 2 is 1.73 bits per heavy atom. The molecule has 0 aliphatic heterocycles. The SMILES string of the molecule is CCCCCCCCc1ccc(S(=O)(=O)Nc2cccc(-c3csc(NC(C)=O)n3)c2)cc1. The van der Waals surface area contributed by atoms with Gasteiger partial charge in [-0.3, -0.25) is 9.52 Å². The molecule has 0 aliphatic carbocycles. The van der Waals surface area contributed by atoms with Gasteiger partial charge in [0.15, 0.2) is 5.13 Å². The van der Waals surface area contributed by atoms with Crippen LogP contribution in [0.1, 0.15) is 57.9 Å². The summed E-state index contributed by atoms with van der Waals surface area (Å²) in [6.07, 6.45) is 8.40. The van der Waals surface area contributed by atoms with Crippen LogP contribution in [0.3, 0.4) is 0 Å². The second-order valence-electron chi connectivity index (χ2n) is 8.07. The number of carbonyl (C=O) groups is 1. The molecule has 1 aromatic heterocycles. The van der Waals surface area contributed by atoms with Crippen molar-refractivity contribution in [1.82, 2.24) is 4.98 Å². The molecular weight excluding hydrogens is 454 g/mol. The fraction of sp³-hybridized carbons (Fsp3) is 0.360. The van der Waals surface area contributed by atoms with Crippen molar-refractivity contribution in [2.75, 3.05) is 10.0 Å². The zero-order chi connectivity index (χ0) is 23.7. The number of carbonyl (C=O) groups excluding carboxylic acids is 1. The van der Waals surface area contributed by atoms with Gasteiger partial charge in [-0.05, 0) is 42.7 Å². The minimum atomic E-state index is -3.70. The first-order valence-corrected chi connectivity index (χ1v) is 13.7. The normalized spacial score (nSPS) is 11.3. The van der Waals surface area contributed by atoms with E-state index in [4.69, 9.17) is 0 Å². The third kappa shape index (κ3) is 7.68. The Morgan fingerprint density at radius 1 is 1.00 bits per heavy atom. The van der Waals surface area contributed by atoms with Crippen LogP contribution < -0.4 is 10.0 Å². The minimum absolute atomic E-state index is 0.185. The van der Waals surface area contributed by atoms with Crippen LogP contribution in [-0.2, 0) is 21.2 Å². The molecule has 6 nitrogen and oxygen atoms in total. The van der Waals surface area contributed by atoms with Crippen LogP contribution in [0.15, 0.2) is 58.8 Å². The highest BCUT2D eigenvalue weighted by Gasteiger charge is 2.15. The van der Waals surface area contributed by atoms with Crippen LogP contribution in [-0.4, -0.2) is 19.3 Å². The van der Waals surface area contributed by atoms with Gasteiger partial charge in [-0.1, -0.05) is 63.3 Å². The molecule has 1 amide bonds. The molecule has 0 radical (unpaired) electrons. The average Bonchev–Trinajstić information content (AvgIpc) is 3.24. The van der Waals surface area contributed by atoms with Gasteiger partial charge in [0, 0.05) is 23.6 Å². The number of hydrogen-bond donors (Lipinski definition) is 2. The van der Waals surface area contributed by atoms with E-state index in [1.165, 1.54) is 50.4 Å².